The number of hydrogen-bond donors (Lipinski definition) is 2. The predicted molar refractivity (Wildman–Crippen MR) is 123 cm³/mol. The molecular weight excluding hydrogens is 392 g/mol. The number of aromatic nitrogens is 3. The second-order valence-electron chi connectivity index (χ2n) is 6.95. The Bertz CT molecular complexity index is 1250. The Morgan fingerprint density at radius 1 is 0.933 bits per heavy atom. The maximum atomic E-state index is 11.3. The molecular formula is C24H18N4OS. The van der Waals surface area contributed by atoms with Crippen molar-refractivity contribution in [2.45, 2.75) is 6.92 Å². The number of hydrogen-bond acceptors (Lipinski definition) is 4. The number of nitrogens with zero attached hydrogens (tertiary/aromatic N) is 2. The van der Waals surface area contributed by atoms with Crippen molar-refractivity contribution in [3.63, 3.8) is 0 Å². The predicted octanol–water partition coefficient (Wildman–Crippen LogP) is 5.72. The number of nitrogens with one attached hydrogen (secondary N) is 2. The van der Waals surface area contributed by atoms with Crippen LogP contribution < -0.4 is 5.32 Å². The van der Waals surface area contributed by atoms with Gasteiger partial charge in [-0.25, -0.2) is 9.97 Å². The number of imidazole rings is 1. The van der Waals surface area contributed by atoms with Crippen LogP contribution in [0.5, 0.6) is 0 Å². The minimum absolute atomic E-state index is 0.0873. The smallest absolute Gasteiger partial charge is 0.221 e. The van der Waals surface area contributed by atoms with E-state index in [2.05, 4.69) is 22.4 Å². The molecule has 0 aliphatic heterocycles. The fraction of sp³-hybridized carbons (Fsp3) is 0.0417. The zero-order valence-electron chi connectivity index (χ0n) is 16.2. The van der Waals surface area contributed by atoms with Crippen LogP contribution in [0.4, 0.5) is 5.69 Å². The van der Waals surface area contributed by atoms with Crippen molar-refractivity contribution in [1.82, 2.24) is 15.0 Å². The average molecular weight is 411 g/mol. The molecule has 0 radical (unpaired) electrons. The second kappa shape index (κ2) is 7.57. The van der Waals surface area contributed by atoms with Crippen molar-refractivity contribution in [3.05, 3.63) is 89.2 Å². The number of aromatic amines is 1. The van der Waals surface area contributed by atoms with Gasteiger partial charge in [0.15, 0.2) is 0 Å². The van der Waals surface area contributed by atoms with Crippen molar-refractivity contribution in [1.29, 1.82) is 0 Å². The van der Waals surface area contributed by atoms with Gasteiger partial charge in [-0.05, 0) is 48.0 Å². The van der Waals surface area contributed by atoms with Gasteiger partial charge in [-0.3, -0.25) is 4.79 Å². The summed E-state index contributed by atoms with van der Waals surface area (Å²) >= 11 is 1.64. The molecule has 5 aromatic rings. The summed E-state index contributed by atoms with van der Waals surface area (Å²) in [5.41, 5.74) is 5.57. The van der Waals surface area contributed by atoms with E-state index in [0.717, 1.165) is 48.9 Å². The summed E-state index contributed by atoms with van der Waals surface area (Å²) in [5, 5.41) is 3.70. The van der Waals surface area contributed by atoms with E-state index >= 15 is 0 Å². The van der Waals surface area contributed by atoms with Gasteiger partial charge in [0.1, 0.15) is 10.8 Å². The number of amides is 1. The molecule has 0 unspecified atom stereocenters. The zero-order chi connectivity index (χ0) is 20.5. The van der Waals surface area contributed by atoms with E-state index in [1.54, 1.807) is 11.3 Å². The van der Waals surface area contributed by atoms with E-state index < -0.39 is 0 Å². The first kappa shape index (κ1) is 18.3. The maximum absolute atomic E-state index is 11.3. The van der Waals surface area contributed by atoms with Crippen LogP contribution in [0.1, 0.15) is 23.3 Å². The summed E-state index contributed by atoms with van der Waals surface area (Å²) in [6, 6.07) is 23.8. The molecule has 0 atom stereocenters. The number of para-hydroxylation sites is 3. The molecule has 0 aliphatic rings. The number of thiazole rings is 1. The SMILES string of the molecule is CC(=O)Nc1ccc(C=C(c2nc3ccccc3[nH]2)c2nc3ccccc3s2)cc1. The highest BCUT2D eigenvalue weighted by molar-refractivity contribution is 7.19. The number of anilines is 1. The lowest BCUT2D eigenvalue weighted by Gasteiger charge is -2.04. The Morgan fingerprint density at radius 2 is 1.67 bits per heavy atom. The molecule has 5 rings (SSSR count). The third-order valence-corrected chi connectivity index (χ3v) is 5.78. The molecule has 2 aromatic heterocycles. The molecule has 0 fully saturated rings. The van der Waals surface area contributed by atoms with Crippen molar-refractivity contribution < 1.29 is 4.79 Å². The number of carbonyl (C=O) groups excluding carboxylic acids is 1. The molecule has 3 aromatic carbocycles. The molecule has 2 N–H and O–H groups in total. The summed E-state index contributed by atoms with van der Waals surface area (Å²) in [7, 11) is 0. The summed E-state index contributed by atoms with van der Waals surface area (Å²) in [4.78, 5) is 24.3. The normalized spacial score (nSPS) is 11.8. The second-order valence-corrected chi connectivity index (χ2v) is 7.98. The van der Waals surface area contributed by atoms with Gasteiger partial charge in [-0.15, -0.1) is 11.3 Å². The van der Waals surface area contributed by atoms with E-state index in [0.29, 0.717) is 0 Å². The Hall–Kier alpha value is -3.77. The van der Waals surface area contributed by atoms with E-state index in [-0.39, 0.29) is 5.91 Å². The lowest BCUT2D eigenvalue weighted by Crippen LogP contribution is -2.05. The van der Waals surface area contributed by atoms with Crippen molar-refractivity contribution >= 4 is 55.8 Å². The highest BCUT2D eigenvalue weighted by atomic mass is 32.1. The lowest BCUT2D eigenvalue weighted by molar-refractivity contribution is -0.114. The average Bonchev–Trinajstić information content (AvgIpc) is 3.36. The van der Waals surface area contributed by atoms with Crippen LogP contribution >= 0.6 is 11.3 Å². The van der Waals surface area contributed by atoms with Crippen molar-refractivity contribution in [2.24, 2.45) is 0 Å². The maximum Gasteiger partial charge on any atom is 0.221 e. The molecule has 0 aliphatic carbocycles. The topological polar surface area (TPSA) is 70.7 Å². The van der Waals surface area contributed by atoms with Gasteiger partial charge in [-0.1, -0.05) is 36.4 Å². The van der Waals surface area contributed by atoms with E-state index in [4.69, 9.17) is 9.97 Å². The summed E-state index contributed by atoms with van der Waals surface area (Å²) in [6.07, 6.45) is 2.08. The van der Waals surface area contributed by atoms with E-state index in [1.165, 1.54) is 6.92 Å². The van der Waals surface area contributed by atoms with Gasteiger partial charge >= 0.3 is 0 Å². The number of carbonyl (C=O) groups is 1. The molecule has 146 valence electrons. The third-order valence-electron chi connectivity index (χ3n) is 4.71. The Labute approximate surface area is 177 Å². The molecule has 30 heavy (non-hydrogen) atoms. The first-order valence-electron chi connectivity index (χ1n) is 9.56. The van der Waals surface area contributed by atoms with Gasteiger partial charge in [0.2, 0.25) is 5.91 Å². The summed E-state index contributed by atoms with van der Waals surface area (Å²) < 4.78 is 1.13. The van der Waals surface area contributed by atoms with E-state index in [9.17, 15) is 4.79 Å². The van der Waals surface area contributed by atoms with Crippen LogP contribution in [-0.4, -0.2) is 20.9 Å². The Balaban J connectivity index is 1.63. The molecule has 0 saturated heterocycles. The first-order valence-corrected chi connectivity index (χ1v) is 10.4. The molecule has 2 heterocycles. The molecule has 0 saturated carbocycles. The fourth-order valence-corrected chi connectivity index (χ4v) is 4.31. The number of benzene rings is 3. The van der Waals surface area contributed by atoms with Gasteiger partial charge in [0.05, 0.1) is 26.8 Å². The van der Waals surface area contributed by atoms with Gasteiger partial charge in [0.25, 0.3) is 0 Å². The van der Waals surface area contributed by atoms with Crippen LogP contribution in [-0.2, 0) is 4.79 Å². The number of fused-ring (bicyclic) bond motifs is 2. The van der Waals surface area contributed by atoms with Gasteiger partial charge in [0, 0.05) is 12.6 Å². The van der Waals surface area contributed by atoms with Crippen LogP contribution in [0.2, 0.25) is 0 Å². The molecule has 0 spiro atoms. The molecule has 0 bridgehead atoms. The first-order chi connectivity index (χ1) is 14.7. The Kier molecular flexibility index (Phi) is 4.61. The van der Waals surface area contributed by atoms with Crippen molar-refractivity contribution in [3.8, 4) is 0 Å². The van der Waals surface area contributed by atoms with Gasteiger partial charge in [-0.2, -0.15) is 0 Å². The monoisotopic (exact) mass is 410 g/mol. The van der Waals surface area contributed by atoms with Crippen LogP contribution in [0.25, 0.3) is 32.9 Å². The highest BCUT2D eigenvalue weighted by Gasteiger charge is 2.15. The molecule has 1 amide bonds. The quantitative estimate of drug-likeness (QED) is 0.398. The summed E-state index contributed by atoms with van der Waals surface area (Å²) in [6.45, 7) is 1.50. The van der Waals surface area contributed by atoms with Crippen LogP contribution in [0.3, 0.4) is 0 Å². The van der Waals surface area contributed by atoms with Crippen LogP contribution in [0.15, 0.2) is 72.8 Å². The Morgan fingerprint density at radius 3 is 2.40 bits per heavy atom. The zero-order valence-corrected chi connectivity index (χ0v) is 17.0. The minimum Gasteiger partial charge on any atom is -0.338 e. The van der Waals surface area contributed by atoms with Gasteiger partial charge < -0.3 is 10.3 Å². The molecule has 6 heteroatoms. The highest BCUT2D eigenvalue weighted by Crippen LogP contribution is 2.32. The largest absolute Gasteiger partial charge is 0.338 e. The van der Waals surface area contributed by atoms with E-state index in [1.807, 2.05) is 66.7 Å². The molecule has 5 nitrogen and oxygen atoms in total. The number of rotatable bonds is 4. The number of H-pyrrole nitrogens is 1. The van der Waals surface area contributed by atoms with Crippen LogP contribution in [0, 0.1) is 0 Å². The van der Waals surface area contributed by atoms with Crippen molar-refractivity contribution in [2.75, 3.05) is 5.32 Å². The third kappa shape index (κ3) is 3.60. The minimum atomic E-state index is -0.0873. The lowest BCUT2D eigenvalue weighted by atomic mass is 10.1. The standard InChI is InChI=1S/C24H18N4OS/c1-15(29)25-17-12-10-16(11-13-17)14-18(23-26-19-6-2-3-7-20(19)27-23)24-28-21-8-4-5-9-22(21)30-24/h2-14H,1H3,(H,25,29)(H,26,27). The fourth-order valence-electron chi connectivity index (χ4n) is 3.33. The summed E-state index contributed by atoms with van der Waals surface area (Å²) in [5.74, 6) is 0.692.